The summed E-state index contributed by atoms with van der Waals surface area (Å²) in [6.45, 7) is 0.789. The third-order valence-electron chi connectivity index (χ3n) is 2.12. The van der Waals surface area contributed by atoms with Gasteiger partial charge in [-0.2, -0.15) is 0 Å². The lowest BCUT2D eigenvalue weighted by atomic mass is 10.3. The monoisotopic (exact) mass is 290 g/mol. The number of rotatable bonds is 6. The molecule has 0 aliphatic carbocycles. The Morgan fingerprint density at radius 3 is 2.89 bits per heavy atom. The molecule has 7 heteroatoms. The smallest absolute Gasteiger partial charge is 0.233 e. The van der Waals surface area contributed by atoms with Gasteiger partial charge in [0.05, 0.1) is 27.3 Å². The minimum atomic E-state index is -1.55. The van der Waals surface area contributed by atoms with Crippen LogP contribution < -0.4 is 11.1 Å². The van der Waals surface area contributed by atoms with Gasteiger partial charge in [0.1, 0.15) is 5.75 Å². The van der Waals surface area contributed by atoms with Crippen LogP contribution >= 0.6 is 11.6 Å². The first-order valence-electron chi connectivity index (χ1n) is 5.24. The average Bonchev–Trinajstić information content (AvgIpc) is 2.29. The van der Waals surface area contributed by atoms with Gasteiger partial charge in [0.25, 0.3) is 0 Å². The van der Waals surface area contributed by atoms with E-state index in [9.17, 15) is 9.00 Å². The summed E-state index contributed by atoms with van der Waals surface area (Å²) in [5.41, 5.74) is 6.02. The van der Waals surface area contributed by atoms with Crippen LogP contribution in [0.15, 0.2) is 23.1 Å². The highest BCUT2D eigenvalue weighted by Gasteiger charge is 2.15. The van der Waals surface area contributed by atoms with Crippen LogP contribution in [-0.4, -0.2) is 36.1 Å². The van der Waals surface area contributed by atoms with E-state index in [1.165, 1.54) is 7.11 Å². The largest absolute Gasteiger partial charge is 0.398 e. The molecule has 1 amide bonds. The quantitative estimate of drug-likeness (QED) is 0.599. The third-order valence-corrected chi connectivity index (χ3v) is 3.98. The van der Waals surface area contributed by atoms with Crippen LogP contribution in [0, 0.1) is 0 Å². The Morgan fingerprint density at radius 2 is 2.28 bits per heavy atom. The molecule has 0 saturated carbocycles. The lowest BCUT2D eigenvalue weighted by Crippen LogP contribution is -2.31. The van der Waals surface area contributed by atoms with E-state index in [1.807, 2.05) is 0 Å². The molecule has 0 aliphatic rings. The highest BCUT2D eigenvalue weighted by Crippen LogP contribution is 2.25. The van der Waals surface area contributed by atoms with E-state index in [2.05, 4.69) is 5.32 Å². The average molecular weight is 291 g/mol. The molecule has 0 heterocycles. The van der Waals surface area contributed by atoms with Gasteiger partial charge < -0.3 is 15.8 Å². The topological polar surface area (TPSA) is 81.4 Å². The summed E-state index contributed by atoms with van der Waals surface area (Å²) in [6.07, 6.45) is 0. The van der Waals surface area contributed by atoms with E-state index in [0.29, 0.717) is 28.8 Å². The molecule has 1 aromatic rings. The molecule has 18 heavy (non-hydrogen) atoms. The first-order valence-corrected chi connectivity index (χ1v) is 6.94. The van der Waals surface area contributed by atoms with Gasteiger partial charge in [-0.3, -0.25) is 9.00 Å². The van der Waals surface area contributed by atoms with Gasteiger partial charge in [-0.05, 0) is 12.1 Å². The van der Waals surface area contributed by atoms with Crippen LogP contribution in [0.1, 0.15) is 0 Å². The summed E-state index contributed by atoms with van der Waals surface area (Å²) >= 11 is 5.91. The number of hydrogen-bond acceptors (Lipinski definition) is 4. The van der Waals surface area contributed by atoms with Crippen molar-refractivity contribution in [1.29, 1.82) is 0 Å². The molecule has 5 nitrogen and oxygen atoms in total. The van der Waals surface area contributed by atoms with Gasteiger partial charge >= 0.3 is 0 Å². The van der Waals surface area contributed by atoms with E-state index in [0.717, 1.165) is 0 Å². The Labute approximate surface area is 113 Å². The molecule has 1 aromatic carbocycles. The van der Waals surface area contributed by atoms with Crippen molar-refractivity contribution in [3.8, 4) is 0 Å². The number of hydrogen-bond donors (Lipinski definition) is 2. The van der Waals surface area contributed by atoms with Crippen molar-refractivity contribution in [3.05, 3.63) is 23.2 Å². The Balaban J connectivity index is 2.63. The second kappa shape index (κ2) is 7.35. The first kappa shape index (κ1) is 14.9. The molecule has 0 saturated heterocycles. The number of anilines is 1. The lowest BCUT2D eigenvalue weighted by Gasteiger charge is -2.08. The number of benzene rings is 1. The zero-order chi connectivity index (χ0) is 13.5. The maximum absolute atomic E-state index is 12.0. The number of amides is 1. The van der Waals surface area contributed by atoms with Crippen molar-refractivity contribution in [2.24, 2.45) is 0 Å². The fourth-order valence-corrected chi connectivity index (χ4v) is 2.84. The zero-order valence-electron chi connectivity index (χ0n) is 9.94. The molecule has 1 atom stereocenters. The number of nitrogens with two attached hydrogens (primary N) is 1. The van der Waals surface area contributed by atoms with Crippen molar-refractivity contribution in [2.45, 2.75) is 4.90 Å². The van der Waals surface area contributed by atoms with Gasteiger partial charge in [0.15, 0.2) is 0 Å². The van der Waals surface area contributed by atoms with E-state index >= 15 is 0 Å². The molecular weight excluding hydrogens is 276 g/mol. The summed E-state index contributed by atoms with van der Waals surface area (Å²) in [5.74, 6) is -0.498. The van der Waals surface area contributed by atoms with Crippen LogP contribution in [0.25, 0.3) is 0 Å². The molecule has 3 N–H and O–H groups in total. The zero-order valence-corrected chi connectivity index (χ0v) is 11.5. The fraction of sp³-hybridized carbons (Fsp3) is 0.364. The summed E-state index contributed by atoms with van der Waals surface area (Å²) in [6, 6.07) is 4.85. The predicted molar refractivity (Wildman–Crippen MR) is 72.0 cm³/mol. The molecule has 1 unspecified atom stereocenters. The van der Waals surface area contributed by atoms with Gasteiger partial charge in [-0.25, -0.2) is 0 Å². The number of ether oxygens (including phenoxy) is 1. The van der Waals surface area contributed by atoms with Crippen molar-refractivity contribution >= 4 is 34.0 Å². The van der Waals surface area contributed by atoms with E-state index < -0.39 is 10.8 Å². The van der Waals surface area contributed by atoms with Crippen molar-refractivity contribution in [1.82, 2.24) is 5.32 Å². The van der Waals surface area contributed by atoms with Gasteiger partial charge in [-0.15, -0.1) is 0 Å². The summed E-state index contributed by atoms with van der Waals surface area (Å²) in [7, 11) is -0.0154. The van der Waals surface area contributed by atoms with Crippen LogP contribution in [0.4, 0.5) is 5.69 Å². The number of nitrogen functional groups attached to an aromatic ring is 1. The minimum Gasteiger partial charge on any atom is -0.398 e. The normalized spacial score (nSPS) is 12.1. The van der Waals surface area contributed by atoms with Crippen molar-refractivity contribution < 1.29 is 13.7 Å². The molecule has 0 aliphatic heterocycles. The molecule has 0 fully saturated rings. The number of nitrogens with one attached hydrogen (secondary N) is 1. The first-order chi connectivity index (χ1) is 8.56. The molecule has 1 rings (SSSR count). The Hall–Kier alpha value is -1.11. The predicted octanol–water partition coefficient (Wildman–Crippen LogP) is 0.792. The lowest BCUT2D eigenvalue weighted by molar-refractivity contribution is -0.118. The summed E-state index contributed by atoms with van der Waals surface area (Å²) in [4.78, 5) is 11.8. The Kier molecular flexibility index (Phi) is 6.11. The number of carbonyl (C=O) groups is 1. The molecule has 100 valence electrons. The minimum absolute atomic E-state index is 0.169. The van der Waals surface area contributed by atoms with Gasteiger partial charge in [-0.1, -0.05) is 17.7 Å². The molecule has 0 spiro atoms. The van der Waals surface area contributed by atoms with Crippen LogP contribution in [0.3, 0.4) is 0 Å². The standard InChI is InChI=1S/C11H15ClN2O3S/c1-17-6-5-14-10(15)7-18(16)11-8(12)3-2-4-9(11)13/h2-4H,5-7,13H2,1H3,(H,14,15). The highest BCUT2D eigenvalue weighted by molar-refractivity contribution is 7.86. The van der Waals surface area contributed by atoms with Gasteiger partial charge in [0, 0.05) is 19.3 Å². The Bertz CT molecular complexity index is 434. The van der Waals surface area contributed by atoms with E-state index in [4.69, 9.17) is 22.1 Å². The van der Waals surface area contributed by atoms with Crippen LogP contribution in [-0.2, 0) is 20.3 Å². The molecule has 0 radical (unpaired) electrons. The van der Waals surface area contributed by atoms with E-state index in [-0.39, 0.29) is 11.7 Å². The number of halogens is 1. The maximum Gasteiger partial charge on any atom is 0.233 e. The molecule has 0 bridgehead atoms. The van der Waals surface area contributed by atoms with Gasteiger partial charge in [0.2, 0.25) is 5.91 Å². The van der Waals surface area contributed by atoms with Crippen molar-refractivity contribution in [3.63, 3.8) is 0 Å². The number of carbonyl (C=O) groups excluding carboxylic acids is 1. The summed E-state index contributed by atoms with van der Waals surface area (Å²) in [5, 5.41) is 2.89. The molecular formula is C11H15ClN2O3S. The third kappa shape index (κ3) is 4.29. The second-order valence-electron chi connectivity index (χ2n) is 3.49. The van der Waals surface area contributed by atoms with Crippen molar-refractivity contribution in [2.75, 3.05) is 31.7 Å². The summed E-state index contributed by atoms with van der Waals surface area (Å²) < 4.78 is 16.8. The highest BCUT2D eigenvalue weighted by atomic mass is 35.5. The molecule has 0 aromatic heterocycles. The Morgan fingerprint density at radius 1 is 1.56 bits per heavy atom. The second-order valence-corrected chi connectivity index (χ2v) is 5.29. The maximum atomic E-state index is 12.0. The number of methoxy groups -OCH3 is 1. The fourth-order valence-electron chi connectivity index (χ4n) is 1.30. The van der Waals surface area contributed by atoms with E-state index in [1.54, 1.807) is 18.2 Å². The SMILES string of the molecule is COCCNC(=O)CS(=O)c1c(N)cccc1Cl. The van der Waals surface area contributed by atoms with Crippen LogP contribution in [0.5, 0.6) is 0 Å². The van der Waals surface area contributed by atoms with Crippen LogP contribution in [0.2, 0.25) is 5.02 Å².